The van der Waals surface area contributed by atoms with Gasteiger partial charge in [-0.25, -0.2) is 4.79 Å². The van der Waals surface area contributed by atoms with Gasteiger partial charge in [0.25, 0.3) is 0 Å². The zero-order valence-corrected chi connectivity index (χ0v) is 12.3. The molecule has 6 heteroatoms. The summed E-state index contributed by atoms with van der Waals surface area (Å²) in [6.45, 7) is 5.54. The molecule has 0 radical (unpaired) electrons. The van der Waals surface area contributed by atoms with Crippen molar-refractivity contribution in [3.05, 3.63) is 12.2 Å². The highest BCUT2D eigenvalue weighted by atomic mass is 16.6. The van der Waals surface area contributed by atoms with Crippen molar-refractivity contribution in [2.45, 2.75) is 26.4 Å². The SMILES string of the molecule is CN(C)C(=O)/C=C/CN(CCO)C(=O)OC(C)(C)C. The Kier molecular flexibility index (Phi) is 7.14. The van der Waals surface area contributed by atoms with Crippen molar-refractivity contribution in [2.24, 2.45) is 0 Å². The second kappa shape index (κ2) is 7.78. The van der Waals surface area contributed by atoms with Crippen molar-refractivity contribution in [3.8, 4) is 0 Å². The summed E-state index contributed by atoms with van der Waals surface area (Å²) in [5, 5.41) is 8.93. The Morgan fingerprint density at radius 1 is 1.26 bits per heavy atom. The first-order chi connectivity index (χ1) is 8.67. The molecule has 19 heavy (non-hydrogen) atoms. The Morgan fingerprint density at radius 2 is 1.84 bits per heavy atom. The van der Waals surface area contributed by atoms with Crippen molar-refractivity contribution >= 4 is 12.0 Å². The van der Waals surface area contributed by atoms with Crippen LogP contribution >= 0.6 is 0 Å². The van der Waals surface area contributed by atoms with E-state index in [2.05, 4.69) is 0 Å². The van der Waals surface area contributed by atoms with Crippen LogP contribution in [0.4, 0.5) is 4.79 Å². The van der Waals surface area contributed by atoms with Gasteiger partial charge in [0.15, 0.2) is 0 Å². The molecule has 0 unspecified atom stereocenters. The van der Waals surface area contributed by atoms with Crippen LogP contribution in [-0.4, -0.2) is 66.3 Å². The van der Waals surface area contributed by atoms with Crippen LogP contribution in [0.5, 0.6) is 0 Å². The molecular weight excluding hydrogens is 248 g/mol. The lowest BCUT2D eigenvalue weighted by Crippen LogP contribution is -2.38. The van der Waals surface area contributed by atoms with Crippen LogP contribution in [0.2, 0.25) is 0 Å². The van der Waals surface area contributed by atoms with E-state index in [1.165, 1.54) is 15.9 Å². The van der Waals surface area contributed by atoms with Gasteiger partial charge in [0.05, 0.1) is 6.61 Å². The number of carbonyl (C=O) groups is 2. The Labute approximate surface area is 114 Å². The summed E-state index contributed by atoms with van der Waals surface area (Å²) in [5.74, 6) is -0.159. The minimum absolute atomic E-state index is 0.158. The number of hydrogen-bond donors (Lipinski definition) is 1. The summed E-state index contributed by atoms with van der Waals surface area (Å²) < 4.78 is 5.20. The van der Waals surface area contributed by atoms with E-state index in [1.807, 2.05) is 0 Å². The fraction of sp³-hybridized carbons (Fsp3) is 0.692. The predicted molar refractivity (Wildman–Crippen MR) is 72.7 cm³/mol. The van der Waals surface area contributed by atoms with Gasteiger partial charge < -0.3 is 19.6 Å². The van der Waals surface area contributed by atoms with Crippen molar-refractivity contribution in [2.75, 3.05) is 33.8 Å². The predicted octanol–water partition coefficient (Wildman–Crippen LogP) is 0.860. The van der Waals surface area contributed by atoms with E-state index in [1.54, 1.807) is 40.9 Å². The zero-order chi connectivity index (χ0) is 15.1. The highest BCUT2D eigenvalue weighted by Gasteiger charge is 2.20. The fourth-order valence-electron chi connectivity index (χ4n) is 1.13. The largest absolute Gasteiger partial charge is 0.444 e. The Morgan fingerprint density at radius 3 is 2.26 bits per heavy atom. The second-order valence-corrected chi connectivity index (χ2v) is 5.28. The van der Waals surface area contributed by atoms with Crippen LogP contribution in [0, 0.1) is 0 Å². The minimum Gasteiger partial charge on any atom is -0.444 e. The van der Waals surface area contributed by atoms with Crippen LogP contribution in [0.3, 0.4) is 0 Å². The van der Waals surface area contributed by atoms with Crippen LogP contribution in [0.25, 0.3) is 0 Å². The average Bonchev–Trinajstić information content (AvgIpc) is 2.25. The first-order valence-corrected chi connectivity index (χ1v) is 6.14. The van der Waals surface area contributed by atoms with Gasteiger partial charge >= 0.3 is 6.09 Å². The molecule has 0 heterocycles. The monoisotopic (exact) mass is 272 g/mol. The minimum atomic E-state index is -0.589. The molecule has 0 bridgehead atoms. The number of nitrogens with zero attached hydrogens (tertiary/aromatic N) is 2. The number of hydrogen-bond acceptors (Lipinski definition) is 4. The van der Waals surface area contributed by atoms with Gasteiger partial charge in [0.2, 0.25) is 5.91 Å². The van der Waals surface area contributed by atoms with E-state index in [0.717, 1.165) is 0 Å². The Balaban J connectivity index is 4.49. The summed E-state index contributed by atoms with van der Waals surface area (Å²) in [6.07, 6.45) is 2.44. The number of amides is 2. The van der Waals surface area contributed by atoms with Gasteiger partial charge in [-0.05, 0) is 20.8 Å². The quantitative estimate of drug-likeness (QED) is 0.754. The molecule has 0 aromatic heterocycles. The lowest BCUT2D eigenvalue weighted by molar-refractivity contribution is -0.123. The van der Waals surface area contributed by atoms with Crippen LogP contribution < -0.4 is 0 Å². The van der Waals surface area contributed by atoms with Crippen molar-refractivity contribution in [3.63, 3.8) is 0 Å². The van der Waals surface area contributed by atoms with Gasteiger partial charge in [-0.15, -0.1) is 0 Å². The van der Waals surface area contributed by atoms with Crippen molar-refractivity contribution in [1.82, 2.24) is 9.80 Å². The normalized spacial score (nSPS) is 11.5. The molecular formula is C13H24N2O4. The second-order valence-electron chi connectivity index (χ2n) is 5.28. The summed E-state index contributed by atoms with van der Waals surface area (Å²) in [7, 11) is 3.29. The molecule has 0 aliphatic carbocycles. The van der Waals surface area contributed by atoms with Crippen LogP contribution in [0.1, 0.15) is 20.8 Å². The molecule has 0 spiro atoms. The highest BCUT2D eigenvalue weighted by Crippen LogP contribution is 2.09. The molecule has 0 atom stereocenters. The maximum atomic E-state index is 11.8. The molecule has 6 nitrogen and oxygen atoms in total. The summed E-state index contributed by atoms with van der Waals surface area (Å²) in [6, 6.07) is 0. The molecule has 2 amide bonds. The molecule has 0 aromatic rings. The molecule has 0 saturated carbocycles. The molecule has 0 saturated heterocycles. The molecule has 110 valence electrons. The molecule has 0 aliphatic heterocycles. The van der Waals surface area contributed by atoms with Gasteiger partial charge in [0, 0.05) is 33.3 Å². The lowest BCUT2D eigenvalue weighted by atomic mass is 10.2. The van der Waals surface area contributed by atoms with E-state index >= 15 is 0 Å². The third-order valence-corrected chi connectivity index (χ3v) is 2.05. The average molecular weight is 272 g/mol. The third-order valence-electron chi connectivity index (χ3n) is 2.05. The van der Waals surface area contributed by atoms with E-state index in [9.17, 15) is 9.59 Å². The van der Waals surface area contributed by atoms with Crippen LogP contribution in [-0.2, 0) is 9.53 Å². The maximum Gasteiger partial charge on any atom is 0.410 e. The number of rotatable bonds is 5. The first kappa shape index (κ1) is 17.4. The van der Waals surface area contributed by atoms with Gasteiger partial charge in [0.1, 0.15) is 5.60 Å². The lowest BCUT2D eigenvalue weighted by Gasteiger charge is -2.26. The van der Waals surface area contributed by atoms with Crippen molar-refractivity contribution in [1.29, 1.82) is 0 Å². The number of aliphatic hydroxyl groups is 1. The fourth-order valence-corrected chi connectivity index (χ4v) is 1.13. The number of ether oxygens (including phenoxy) is 1. The molecule has 0 aromatic carbocycles. The topological polar surface area (TPSA) is 70.1 Å². The van der Waals surface area contributed by atoms with Crippen LogP contribution in [0.15, 0.2) is 12.2 Å². The first-order valence-electron chi connectivity index (χ1n) is 6.14. The zero-order valence-electron chi connectivity index (χ0n) is 12.3. The van der Waals surface area contributed by atoms with E-state index < -0.39 is 11.7 Å². The number of aliphatic hydroxyl groups excluding tert-OH is 1. The standard InChI is InChI=1S/C13H24N2O4/c1-13(2,3)19-12(18)15(9-10-16)8-6-7-11(17)14(4)5/h6-7,16H,8-10H2,1-5H3/b7-6+. The highest BCUT2D eigenvalue weighted by molar-refractivity contribution is 5.87. The van der Waals surface area contributed by atoms with E-state index in [0.29, 0.717) is 0 Å². The number of likely N-dealkylation sites (N-methyl/N-ethyl adjacent to an activating group) is 1. The van der Waals surface area contributed by atoms with E-state index in [4.69, 9.17) is 9.84 Å². The van der Waals surface area contributed by atoms with E-state index in [-0.39, 0.29) is 25.6 Å². The number of carbonyl (C=O) groups excluding carboxylic acids is 2. The molecule has 0 fully saturated rings. The summed E-state index contributed by atoms with van der Waals surface area (Å²) in [5.41, 5.74) is -0.589. The summed E-state index contributed by atoms with van der Waals surface area (Å²) >= 11 is 0. The Bertz CT molecular complexity index is 332. The van der Waals surface area contributed by atoms with Gasteiger partial charge in [-0.3, -0.25) is 4.79 Å². The Hall–Kier alpha value is -1.56. The van der Waals surface area contributed by atoms with Crippen molar-refractivity contribution < 1.29 is 19.4 Å². The summed E-state index contributed by atoms with van der Waals surface area (Å²) in [4.78, 5) is 25.9. The maximum absolute atomic E-state index is 11.8. The van der Waals surface area contributed by atoms with Gasteiger partial charge in [-0.2, -0.15) is 0 Å². The van der Waals surface area contributed by atoms with Gasteiger partial charge in [-0.1, -0.05) is 6.08 Å². The molecule has 0 aliphatic rings. The third kappa shape index (κ3) is 8.20. The molecule has 0 rings (SSSR count). The smallest absolute Gasteiger partial charge is 0.410 e. The molecule has 1 N–H and O–H groups in total.